The van der Waals surface area contributed by atoms with Gasteiger partial charge in [0, 0.05) is 26.7 Å². The number of nitrogens with zero attached hydrogens (tertiary/aromatic N) is 1. The Bertz CT molecular complexity index is 129. The van der Waals surface area contributed by atoms with Crippen molar-refractivity contribution in [3.8, 4) is 0 Å². The molecule has 0 amide bonds. The molecule has 0 aromatic carbocycles. The molecule has 0 saturated carbocycles. The Morgan fingerprint density at radius 2 is 2.00 bits per heavy atom. The fraction of sp³-hybridized carbons (Fsp3) is 1.00. The Balaban J connectivity index is 3.54. The van der Waals surface area contributed by atoms with Crippen LogP contribution in [0.4, 0.5) is 0 Å². The molecule has 0 bridgehead atoms. The Morgan fingerprint density at radius 1 is 1.42 bits per heavy atom. The first kappa shape index (κ1) is 12.0. The van der Waals surface area contributed by atoms with Gasteiger partial charge in [-0.2, -0.15) is 0 Å². The maximum atomic E-state index is 11.4. The van der Waals surface area contributed by atoms with Gasteiger partial charge in [-0.3, -0.25) is 0 Å². The minimum atomic E-state index is -1.06. The van der Waals surface area contributed by atoms with Crippen molar-refractivity contribution in [2.75, 3.05) is 33.4 Å². The van der Waals surface area contributed by atoms with Crippen molar-refractivity contribution in [2.24, 2.45) is 0 Å². The first-order chi connectivity index (χ1) is 5.76. The predicted molar refractivity (Wildman–Crippen MR) is 50.9 cm³/mol. The Kier molecular flexibility index (Phi) is 7.69. The number of methoxy groups -OCH3 is 1. The Labute approximate surface area is 77.0 Å². The molecule has 0 aliphatic rings. The quantitative estimate of drug-likeness (QED) is 0.586. The average Bonchev–Trinajstić information content (AvgIpc) is 2.07. The molecule has 5 heteroatoms. The average molecular weight is 194 g/mol. The molecule has 74 valence electrons. The molecule has 1 unspecified atom stereocenters. The number of rotatable bonds is 7. The molecule has 1 atom stereocenters. The lowest BCUT2D eigenvalue weighted by Gasteiger charge is -2.16. The van der Waals surface area contributed by atoms with Gasteiger partial charge in [0.2, 0.25) is 0 Å². The van der Waals surface area contributed by atoms with Crippen molar-refractivity contribution in [1.82, 2.24) is 9.03 Å². The zero-order valence-electron chi connectivity index (χ0n) is 8.00. The number of hydrogen-bond donors (Lipinski definition) is 1. The van der Waals surface area contributed by atoms with Gasteiger partial charge in [0.1, 0.15) is 0 Å². The number of ether oxygens (including phenoxy) is 1. The van der Waals surface area contributed by atoms with E-state index in [0.29, 0.717) is 13.2 Å². The zero-order valence-corrected chi connectivity index (χ0v) is 8.82. The highest BCUT2D eigenvalue weighted by Crippen LogP contribution is 1.89. The third-order valence-electron chi connectivity index (χ3n) is 1.47. The zero-order chi connectivity index (χ0) is 9.40. The first-order valence-corrected chi connectivity index (χ1v) is 5.26. The summed E-state index contributed by atoms with van der Waals surface area (Å²) >= 11 is -1.06. The minimum absolute atomic E-state index is 0.590. The molecular weight excluding hydrogens is 176 g/mol. The van der Waals surface area contributed by atoms with Gasteiger partial charge in [0.25, 0.3) is 0 Å². The summed E-state index contributed by atoms with van der Waals surface area (Å²) < 4.78 is 20.9. The summed E-state index contributed by atoms with van der Waals surface area (Å²) in [5.74, 6) is 0. The number of nitrogens with one attached hydrogen (secondary N) is 1. The lowest BCUT2D eigenvalue weighted by molar-refractivity contribution is 0.204. The summed E-state index contributed by atoms with van der Waals surface area (Å²) in [6.45, 7) is 6.78. The second kappa shape index (κ2) is 7.67. The maximum absolute atomic E-state index is 11.4. The molecule has 0 heterocycles. The van der Waals surface area contributed by atoms with Crippen molar-refractivity contribution in [3.05, 3.63) is 0 Å². The van der Waals surface area contributed by atoms with Crippen LogP contribution in [0.5, 0.6) is 0 Å². The van der Waals surface area contributed by atoms with Gasteiger partial charge in [-0.15, -0.1) is 0 Å². The third kappa shape index (κ3) is 4.82. The molecule has 0 rings (SSSR count). The third-order valence-corrected chi connectivity index (χ3v) is 2.91. The van der Waals surface area contributed by atoms with Crippen molar-refractivity contribution < 1.29 is 8.95 Å². The summed E-state index contributed by atoms with van der Waals surface area (Å²) in [7, 11) is 1.63. The normalized spacial score (nSPS) is 13.7. The van der Waals surface area contributed by atoms with Gasteiger partial charge >= 0.3 is 0 Å². The lowest BCUT2D eigenvalue weighted by atomic mass is 10.7. The Morgan fingerprint density at radius 3 is 2.42 bits per heavy atom. The van der Waals surface area contributed by atoms with Crippen LogP contribution < -0.4 is 4.72 Å². The summed E-state index contributed by atoms with van der Waals surface area (Å²) in [5.41, 5.74) is 0. The molecule has 0 spiro atoms. The van der Waals surface area contributed by atoms with Crippen LogP contribution in [-0.2, 0) is 15.9 Å². The van der Waals surface area contributed by atoms with Crippen LogP contribution in [0, 0.1) is 0 Å². The van der Waals surface area contributed by atoms with E-state index in [0.717, 1.165) is 13.1 Å². The monoisotopic (exact) mass is 194 g/mol. The van der Waals surface area contributed by atoms with Gasteiger partial charge in [0.05, 0.1) is 6.61 Å². The van der Waals surface area contributed by atoms with Crippen LogP contribution in [-0.4, -0.2) is 41.9 Å². The molecule has 0 fully saturated rings. The Hall–Kier alpha value is 0.0300. The molecule has 4 nitrogen and oxygen atoms in total. The van der Waals surface area contributed by atoms with E-state index in [4.69, 9.17) is 4.74 Å². The van der Waals surface area contributed by atoms with Gasteiger partial charge < -0.3 is 4.74 Å². The van der Waals surface area contributed by atoms with E-state index in [1.54, 1.807) is 7.11 Å². The molecule has 0 aromatic heterocycles. The molecule has 12 heavy (non-hydrogen) atoms. The number of hydrogen-bond acceptors (Lipinski definition) is 2. The predicted octanol–water partition coefficient (Wildman–Crippen LogP) is 0.143. The van der Waals surface area contributed by atoms with E-state index in [-0.39, 0.29) is 0 Å². The molecule has 0 aliphatic heterocycles. The fourth-order valence-corrected chi connectivity index (χ4v) is 1.69. The smallest absolute Gasteiger partial charge is 0.169 e. The SMILES string of the molecule is CCN(CC)S(=O)NCCOC. The lowest BCUT2D eigenvalue weighted by Crippen LogP contribution is -2.36. The van der Waals surface area contributed by atoms with Gasteiger partial charge in [-0.05, 0) is 0 Å². The van der Waals surface area contributed by atoms with Gasteiger partial charge in [-0.25, -0.2) is 13.2 Å². The minimum Gasteiger partial charge on any atom is -0.383 e. The van der Waals surface area contributed by atoms with Crippen LogP contribution in [0.3, 0.4) is 0 Å². The molecule has 0 aromatic rings. The van der Waals surface area contributed by atoms with Gasteiger partial charge in [-0.1, -0.05) is 13.8 Å². The van der Waals surface area contributed by atoms with E-state index in [2.05, 4.69) is 4.72 Å². The van der Waals surface area contributed by atoms with Crippen molar-refractivity contribution in [3.63, 3.8) is 0 Å². The standard InChI is InChI=1S/C7H18N2O2S/c1-4-9(5-2)12(10)8-6-7-11-3/h8H,4-7H2,1-3H3. The van der Waals surface area contributed by atoms with Crippen LogP contribution in [0.25, 0.3) is 0 Å². The summed E-state index contributed by atoms with van der Waals surface area (Å²) in [5, 5.41) is 0. The topological polar surface area (TPSA) is 41.6 Å². The van der Waals surface area contributed by atoms with E-state index in [9.17, 15) is 4.21 Å². The van der Waals surface area contributed by atoms with Gasteiger partial charge in [0.15, 0.2) is 11.2 Å². The second-order valence-electron chi connectivity index (χ2n) is 2.25. The van der Waals surface area contributed by atoms with E-state index < -0.39 is 11.2 Å². The van der Waals surface area contributed by atoms with Crippen molar-refractivity contribution >= 4 is 11.2 Å². The molecular formula is C7H18N2O2S. The van der Waals surface area contributed by atoms with Crippen LogP contribution in [0.1, 0.15) is 13.8 Å². The molecule has 0 aliphatic carbocycles. The molecule has 0 saturated heterocycles. The molecule has 0 radical (unpaired) electrons. The summed E-state index contributed by atoms with van der Waals surface area (Å²) in [4.78, 5) is 0. The molecule has 1 N–H and O–H groups in total. The van der Waals surface area contributed by atoms with E-state index in [1.165, 1.54) is 0 Å². The van der Waals surface area contributed by atoms with Crippen molar-refractivity contribution in [2.45, 2.75) is 13.8 Å². The van der Waals surface area contributed by atoms with Crippen LogP contribution in [0.15, 0.2) is 0 Å². The maximum Gasteiger partial charge on any atom is 0.169 e. The highest BCUT2D eigenvalue weighted by atomic mass is 32.2. The summed E-state index contributed by atoms with van der Waals surface area (Å²) in [6.07, 6.45) is 0. The van der Waals surface area contributed by atoms with E-state index >= 15 is 0 Å². The second-order valence-corrected chi connectivity index (χ2v) is 3.55. The first-order valence-electron chi connectivity index (χ1n) is 4.15. The summed E-state index contributed by atoms with van der Waals surface area (Å²) in [6, 6.07) is 0. The van der Waals surface area contributed by atoms with E-state index in [1.807, 2.05) is 18.2 Å². The highest BCUT2D eigenvalue weighted by molar-refractivity contribution is 7.80. The fourth-order valence-electron chi connectivity index (χ4n) is 0.780. The van der Waals surface area contributed by atoms with Crippen molar-refractivity contribution in [1.29, 1.82) is 0 Å². The van der Waals surface area contributed by atoms with Crippen LogP contribution >= 0.6 is 0 Å². The largest absolute Gasteiger partial charge is 0.383 e. The highest BCUT2D eigenvalue weighted by Gasteiger charge is 2.06. The van der Waals surface area contributed by atoms with Crippen LogP contribution in [0.2, 0.25) is 0 Å².